The van der Waals surface area contributed by atoms with E-state index in [9.17, 15) is 0 Å². The first kappa shape index (κ1) is 7.85. The van der Waals surface area contributed by atoms with Crippen LogP contribution in [0.1, 0.15) is 0 Å². The molecule has 1 rings (SSSR count). The Bertz CT molecular complexity index is 145. The summed E-state index contributed by atoms with van der Waals surface area (Å²) in [6.07, 6.45) is 1.85. The molecule has 0 aliphatic carbocycles. The van der Waals surface area contributed by atoms with Gasteiger partial charge in [0.05, 0.1) is 0 Å². The molecule has 2 nitrogen and oxygen atoms in total. The zero-order valence-corrected chi connectivity index (χ0v) is 6.71. The molecule has 0 saturated carbocycles. The van der Waals surface area contributed by atoms with Crippen LogP contribution < -0.4 is 10.6 Å². The molecule has 1 fully saturated rings. The maximum atomic E-state index is 3.85. The van der Waals surface area contributed by atoms with Gasteiger partial charge in [-0.25, -0.2) is 0 Å². The first-order valence-corrected chi connectivity index (χ1v) is 4.13. The Labute approximate surface area is 65.8 Å². The third-order valence-corrected chi connectivity index (χ3v) is 2.26. The van der Waals surface area contributed by atoms with Crippen LogP contribution in [-0.2, 0) is 0 Å². The Hall–Kier alpha value is -0.250. The van der Waals surface area contributed by atoms with Gasteiger partial charge < -0.3 is 0 Å². The lowest BCUT2D eigenvalue weighted by atomic mass is 10.6. The van der Waals surface area contributed by atoms with Crippen LogP contribution in [0.3, 0.4) is 0 Å². The molecule has 0 aromatic carbocycles. The smallest absolute Gasteiger partial charge is 0.110 e. The van der Waals surface area contributed by atoms with Crippen molar-refractivity contribution in [2.45, 2.75) is 5.50 Å². The minimum Gasteiger partial charge on any atom is -0.290 e. The maximum absolute atomic E-state index is 3.85. The van der Waals surface area contributed by atoms with Crippen LogP contribution in [-0.4, -0.2) is 18.6 Å². The molecule has 3 heteroatoms. The minimum atomic E-state index is 0.338. The normalized spacial score (nSPS) is 25.2. The van der Waals surface area contributed by atoms with E-state index < -0.39 is 0 Å². The van der Waals surface area contributed by atoms with Crippen LogP contribution in [0.5, 0.6) is 0 Å². The van der Waals surface area contributed by atoms with Crippen LogP contribution in [0.4, 0.5) is 0 Å². The summed E-state index contributed by atoms with van der Waals surface area (Å²) in [4.78, 5) is 1.20. The molecule has 1 heterocycles. The Balaban J connectivity index is 2.18. The molecule has 56 valence electrons. The molecular weight excluding hydrogens is 144 g/mol. The fourth-order valence-electron chi connectivity index (χ4n) is 0.761. The second-order valence-electron chi connectivity index (χ2n) is 2.11. The van der Waals surface area contributed by atoms with Crippen molar-refractivity contribution in [3.05, 3.63) is 24.1 Å². The molecule has 0 radical (unpaired) electrons. The summed E-state index contributed by atoms with van der Waals surface area (Å²) in [5.41, 5.74) is 0.338. The van der Waals surface area contributed by atoms with Gasteiger partial charge in [-0.05, 0) is 4.91 Å². The second-order valence-corrected chi connectivity index (χ2v) is 3.40. The van der Waals surface area contributed by atoms with Crippen molar-refractivity contribution in [3.63, 3.8) is 0 Å². The molecular formula is C7H12N2S. The fraction of sp³-hybridized carbons (Fsp3) is 0.429. The molecule has 1 saturated heterocycles. The molecule has 1 aliphatic heterocycles. The Kier molecular flexibility index (Phi) is 2.99. The van der Waals surface area contributed by atoms with Gasteiger partial charge in [0, 0.05) is 13.1 Å². The molecule has 2 N–H and O–H groups in total. The molecule has 0 bridgehead atoms. The fourth-order valence-corrected chi connectivity index (χ4v) is 1.61. The quantitative estimate of drug-likeness (QED) is 0.594. The third-order valence-electron chi connectivity index (χ3n) is 1.22. The highest BCUT2D eigenvalue weighted by Gasteiger charge is 2.15. The van der Waals surface area contributed by atoms with E-state index >= 15 is 0 Å². The van der Waals surface area contributed by atoms with Gasteiger partial charge in [0.2, 0.25) is 0 Å². The summed E-state index contributed by atoms with van der Waals surface area (Å²) in [6.45, 7) is 9.23. The van der Waals surface area contributed by atoms with Crippen molar-refractivity contribution >= 4 is 11.8 Å². The highest BCUT2D eigenvalue weighted by molar-refractivity contribution is 8.03. The molecule has 10 heavy (non-hydrogen) atoms. The molecule has 0 aromatic rings. The van der Waals surface area contributed by atoms with Crippen molar-refractivity contribution in [1.82, 2.24) is 10.6 Å². The molecule has 0 spiro atoms. The minimum absolute atomic E-state index is 0.338. The number of nitrogens with one attached hydrogen (secondary N) is 2. The first-order chi connectivity index (χ1) is 4.83. The summed E-state index contributed by atoms with van der Waals surface area (Å²) in [5, 5.41) is 6.48. The Morgan fingerprint density at radius 1 is 1.90 bits per heavy atom. The number of thioether (sulfide) groups is 1. The average Bonchev–Trinajstić information content (AvgIpc) is 2.31. The van der Waals surface area contributed by atoms with E-state index in [1.165, 1.54) is 4.91 Å². The van der Waals surface area contributed by atoms with E-state index in [1.807, 2.05) is 6.08 Å². The van der Waals surface area contributed by atoms with Gasteiger partial charge in [0.1, 0.15) is 5.50 Å². The average molecular weight is 156 g/mol. The van der Waals surface area contributed by atoms with E-state index in [-0.39, 0.29) is 0 Å². The van der Waals surface area contributed by atoms with Crippen molar-refractivity contribution in [1.29, 1.82) is 0 Å². The van der Waals surface area contributed by atoms with Crippen molar-refractivity contribution in [2.24, 2.45) is 0 Å². The lowest BCUT2D eigenvalue weighted by Crippen LogP contribution is -2.35. The van der Waals surface area contributed by atoms with Gasteiger partial charge in [-0.2, -0.15) is 0 Å². The lowest BCUT2D eigenvalue weighted by molar-refractivity contribution is 0.618. The monoisotopic (exact) mass is 156 g/mol. The first-order valence-electron chi connectivity index (χ1n) is 3.25. The summed E-state index contributed by atoms with van der Waals surface area (Å²) < 4.78 is 0. The van der Waals surface area contributed by atoms with Crippen LogP contribution in [0.25, 0.3) is 0 Å². The lowest BCUT2D eigenvalue weighted by Gasteiger charge is -2.07. The predicted molar refractivity (Wildman–Crippen MR) is 46.7 cm³/mol. The molecule has 0 amide bonds. The standard InChI is InChI=1S/C7H12N2S/c1-3-4-8-7-9-5-6(2)10-7/h3,7-9H,1-2,4-5H2. The Morgan fingerprint density at radius 3 is 3.20 bits per heavy atom. The highest BCUT2D eigenvalue weighted by atomic mass is 32.2. The van der Waals surface area contributed by atoms with E-state index in [0.717, 1.165) is 13.1 Å². The SMILES string of the molecule is C=CCNC1NCC(=C)S1. The van der Waals surface area contributed by atoms with E-state index in [0.29, 0.717) is 5.50 Å². The molecule has 1 atom stereocenters. The zero-order chi connectivity index (χ0) is 7.40. The number of hydrogen-bond acceptors (Lipinski definition) is 3. The van der Waals surface area contributed by atoms with Crippen molar-refractivity contribution in [3.8, 4) is 0 Å². The molecule has 0 aromatic heterocycles. The maximum Gasteiger partial charge on any atom is 0.110 e. The largest absolute Gasteiger partial charge is 0.290 e. The number of hydrogen-bond donors (Lipinski definition) is 2. The van der Waals surface area contributed by atoms with Gasteiger partial charge >= 0.3 is 0 Å². The third kappa shape index (κ3) is 2.17. The van der Waals surface area contributed by atoms with Gasteiger partial charge in [0.25, 0.3) is 0 Å². The summed E-state index contributed by atoms with van der Waals surface area (Å²) >= 11 is 1.74. The molecule has 1 aliphatic rings. The zero-order valence-electron chi connectivity index (χ0n) is 5.89. The summed E-state index contributed by atoms with van der Waals surface area (Å²) in [7, 11) is 0. The van der Waals surface area contributed by atoms with Crippen LogP contribution in [0.2, 0.25) is 0 Å². The van der Waals surface area contributed by atoms with Gasteiger partial charge in [0.15, 0.2) is 0 Å². The highest BCUT2D eigenvalue weighted by Crippen LogP contribution is 2.21. The predicted octanol–water partition coefficient (Wildman–Crippen LogP) is 0.896. The van der Waals surface area contributed by atoms with Gasteiger partial charge in [-0.1, -0.05) is 24.4 Å². The van der Waals surface area contributed by atoms with E-state index in [2.05, 4.69) is 23.8 Å². The summed E-state index contributed by atoms with van der Waals surface area (Å²) in [5.74, 6) is 0. The van der Waals surface area contributed by atoms with Crippen LogP contribution in [0.15, 0.2) is 24.1 Å². The van der Waals surface area contributed by atoms with Gasteiger partial charge in [-0.3, -0.25) is 10.6 Å². The van der Waals surface area contributed by atoms with Crippen LogP contribution in [0, 0.1) is 0 Å². The van der Waals surface area contributed by atoms with E-state index in [4.69, 9.17) is 0 Å². The van der Waals surface area contributed by atoms with Crippen molar-refractivity contribution in [2.75, 3.05) is 13.1 Å². The van der Waals surface area contributed by atoms with E-state index in [1.54, 1.807) is 11.8 Å². The summed E-state index contributed by atoms with van der Waals surface area (Å²) in [6, 6.07) is 0. The van der Waals surface area contributed by atoms with Gasteiger partial charge in [-0.15, -0.1) is 6.58 Å². The molecule has 1 unspecified atom stereocenters. The van der Waals surface area contributed by atoms with Crippen molar-refractivity contribution < 1.29 is 0 Å². The number of rotatable bonds is 3. The second kappa shape index (κ2) is 3.81. The topological polar surface area (TPSA) is 24.1 Å². The van der Waals surface area contributed by atoms with Crippen LogP contribution >= 0.6 is 11.8 Å². The Morgan fingerprint density at radius 2 is 2.70 bits per heavy atom.